The van der Waals surface area contributed by atoms with E-state index in [0.29, 0.717) is 25.9 Å². The molecule has 2 rings (SSSR count). The van der Waals surface area contributed by atoms with Crippen LogP contribution in [0.2, 0.25) is 0 Å². The van der Waals surface area contributed by atoms with Crippen LogP contribution in [0.5, 0.6) is 0 Å². The molecule has 2 aliphatic heterocycles. The van der Waals surface area contributed by atoms with Gasteiger partial charge in [0.05, 0.1) is 13.2 Å². The molecule has 112 valence electrons. The molecule has 8 nitrogen and oxygen atoms in total. The number of rotatable bonds is 4. The number of nitrogens with one attached hydrogen (secondary N) is 2. The Bertz CT molecular complexity index is 414. The lowest BCUT2D eigenvalue weighted by Gasteiger charge is -2.28. The van der Waals surface area contributed by atoms with Gasteiger partial charge in [-0.2, -0.15) is 0 Å². The van der Waals surface area contributed by atoms with Crippen molar-refractivity contribution in [2.45, 2.75) is 37.6 Å². The van der Waals surface area contributed by atoms with Crippen LogP contribution in [0.4, 0.5) is 0 Å². The summed E-state index contributed by atoms with van der Waals surface area (Å²) >= 11 is 0. The lowest BCUT2D eigenvalue weighted by molar-refractivity contribution is -0.147. The number of nitrogens with zero attached hydrogens (tertiary/aromatic N) is 1. The van der Waals surface area contributed by atoms with Crippen LogP contribution in [0.3, 0.4) is 0 Å². The number of amides is 3. The smallest absolute Gasteiger partial charge is 0.247 e. The molecule has 2 heterocycles. The Morgan fingerprint density at radius 1 is 1.40 bits per heavy atom. The van der Waals surface area contributed by atoms with Crippen molar-refractivity contribution in [2.75, 3.05) is 20.2 Å². The third kappa shape index (κ3) is 2.91. The van der Waals surface area contributed by atoms with Crippen LogP contribution < -0.4 is 16.4 Å². The van der Waals surface area contributed by atoms with Gasteiger partial charge < -0.3 is 26.0 Å². The van der Waals surface area contributed by atoms with Gasteiger partial charge in [-0.1, -0.05) is 0 Å². The molecule has 0 aliphatic carbocycles. The van der Waals surface area contributed by atoms with Crippen LogP contribution in [-0.2, 0) is 19.1 Å². The highest BCUT2D eigenvalue weighted by Crippen LogP contribution is 2.28. The summed E-state index contributed by atoms with van der Waals surface area (Å²) < 4.78 is 5.58. The van der Waals surface area contributed by atoms with E-state index in [2.05, 4.69) is 10.6 Å². The van der Waals surface area contributed by atoms with Gasteiger partial charge in [-0.15, -0.1) is 0 Å². The third-order valence-corrected chi connectivity index (χ3v) is 3.60. The average Bonchev–Trinajstić information content (AvgIpc) is 2.75. The van der Waals surface area contributed by atoms with Crippen LogP contribution in [0.25, 0.3) is 0 Å². The zero-order chi connectivity index (χ0) is 14.7. The first kappa shape index (κ1) is 14.7. The third-order valence-electron chi connectivity index (χ3n) is 3.60. The van der Waals surface area contributed by atoms with E-state index in [9.17, 15) is 14.4 Å². The molecule has 0 aromatic carbocycles. The highest BCUT2D eigenvalue weighted by molar-refractivity contribution is 5.92. The minimum Gasteiger partial charge on any atom is -0.368 e. The lowest BCUT2D eigenvalue weighted by atomic mass is 10.1. The van der Waals surface area contributed by atoms with Gasteiger partial charge in [-0.05, 0) is 19.9 Å². The predicted molar refractivity (Wildman–Crippen MR) is 69.3 cm³/mol. The van der Waals surface area contributed by atoms with Gasteiger partial charge in [-0.3, -0.25) is 14.4 Å². The molecule has 0 saturated carbocycles. The van der Waals surface area contributed by atoms with Crippen LogP contribution in [0.1, 0.15) is 19.3 Å². The molecular weight excluding hydrogens is 264 g/mol. The summed E-state index contributed by atoms with van der Waals surface area (Å²) in [4.78, 5) is 36.9. The van der Waals surface area contributed by atoms with E-state index in [4.69, 9.17) is 10.5 Å². The van der Waals surface area contributed by atoms with Gasteiger partial charge in [0.15, 0.2) is 0 Å². The van der Waals surface area contributed by atoms with Gasteiger partial charge in [0.1, 0.15) is 18.3 Å². The molecular formula is C12H20N4O4. The molecule has 0 spiro atoms. The number of hydrogen-bond acceptors (Lipinski definition) is 5. The number of hydrogen-bond donors (Lipinski definition) is 3. The van der Waals surface area contributed by atoms with Crippen LogP contribution in [0.15, 0.2) is 0 Å². The Morgan fingerprint density at radius 2 is 2.15 bits per heavy atom. The summed E-state index contributed by atoms with van der Waals surface area (Å²) in [5.74, 6) is -1.09. The van der Waals surface area contributed by atoms with E-state index in [1.807, 2.05) is 0 Å². The fourth-order valence-electron chi connectivity index (χ4n) is 2.68. The molecule has 2 saturated heterocycles. The Hall–Kier alpha value is -1.67. The number of fused-ring (bicyclic) bond motifs is 1. The van der Waals surface area contributed by atoms with E-state index in [0.717, 1.165) is 0 Å². The van der Waals surface area contributed by atoms with Crippen molar-refractivity contribution >= 4 is 17.7 Å². The summed E-state index contributed by atoms with van der Waals surface area (Å²) in [6.07, 6.45) is 1.08. The van der Waals surface area contributed by atoms with Crippen molar-refractivity contribution in [1.29, 1.82) is 0 Å². The molecule has 0 bridgehead atoms. The largest absolute Gasteiger partial charge is 0.368 e. The lowest BCUT2D eigenvalue weighted by Crippen LogP contribution is -2.54. The van der Waals surface area contributed by atoms with Crippen molar-refractivity contribution in [3.8, 4) is 0 Å². The van der Waals surface area contributed by atoms with Crippen molar-refractivity contribution in [1.82, 2.24) is 15.5 Å². The minimum absolute atomic E-state index is 0.132. The van der Waals surface area contributed by atoms with E-state index in [1.165, 1.54) is 4.90 Å². The summed E-state index contributed by atoms with van der Waals surface area (Å²) in [6, 6.07) is -1.31. The molecule has 3 amide bonds. The van der Waals surface area contributed by atoms with E-state index >= 15 is 0 Å². The minimum atomic E-state index is -0.666. The Balaban J connectivity index is 2.10. The van der Waals surface area contributed by atoms with Crippen molar-refractivity contribution < 1.29 is 19.1 Å². The second kappa shape index (κ2) is 6.19. The first-order valence-electron chi connectivity index (χ1n) is 6.71. The number of ether oxygens (including phenoxy) is 1. The van der Waals surface area contributed by atoms with Gasteiger partial charge in [0.2, 0.25) is 17.7 Å². The van der Waals surface area contributed by atoms with Crippen molar-refractivity contribution in [3.05, 3.63) is 0 Å². The van der Waals surface area contributed by atoms with Crippen LogP contribution in [-0.4, -0.2) is 61.1 Å². The second-order valence-electron chi connectivity index (χ2n) is 5.01. The number of carbonyl (C=O) groups is 3. The summed E-state index contributed by atoms with van der Waals surface area (Å²) in [5, 5.41) is 5.38. The van der Waals surface area contributed by atoms with Crippen LogP contribution >= 0.6 is 0 Å². The standard InChI is InChI=1S/C12H20N4O4/c1-14-6-9(17)15-7-4-5-20-10-3-2-8(11(13)18)16(10)12(7)19/h7-8,10,14H,2-6H2,1H3,(H2,13,18)(H,15,17). The molecule has 20 heavy (non-hydrogen) atoms. The number of carbonyl (C=O) groups excluding carboxylic acids is 3. The molecule has 0 aromatic heterocycles. The van der Waals surface area contributed by atoms with Gasteiger partial charge in [0.25, 0.3) is 0 Å². The van der Waals surface area contributed by atoms with Crippen molar-refractivity contribution in [2.24, 2.45) is 5.73 Å². The Labute approximate surface area is 117 Å². The van der Waals surface area contributed by atoms with Gasteiger partial charge in [-0.25, -0.2) is 0 Å². The fraction of sp³-hybridized carbons (Fsp3) is 0.750. The van der Waals surface area contributed by atoms with Crippen molar-refractivity contribution in [3.63, 3.8) is 0 Å². The first-order chi connectivity index (χ1) is 9.54. The zero-order valence-corrected chi connectivity index (χ0v) is 11.4. The molecule has 0 radical (unpaired) electrons. The molecule has 4 N–H and O–H groups in total. The zero-order valence-electron chi connectivity index (χ0n) is 11.4. The maximum absolute atomic E-state index is 12.5. The monoisotopic (exact) mass is 284 g/mol. The maximum Gasteiger partial charge on any atom is 0.247 e. The number of primary amides is 1. The second-order valence-corrected chi connectivity index (χ2v) is 5.01. The van der Waals surface area contributed by atoms with Crippen LogP contribution in [0, 0.1) is 0 Å². The number of nitrogens with two attached hydrogens (primary N) is 1. The average molecular weight is 284 g/mol. The van der Waals surface area contributed by atoms with E-state index < -0.39 is 24.2 Å². The first-order valence-corrected chi connectivity index (χ1v) is 6.71. The molecule has 0 aromatic rings. The normalized spacial score (nSPS) is 29.8. The highest BCUT2D eigenvalue weighted by Gasteiger charge is 2.44. The molecule has 2 aliphatic rings. The topological polar surface area (TPSA) is 114 Å². The number of likely N-dealkylation sites (N-methyl/N-ethyl adjacent to an activating group) is 1. The quantitative estimate of drug-likeness (QED) is 0.548. The fourth-order valence-corrected chi connectivity index (χ4v) is 2.68. The van der Waals surface area contributed by atoms with Gasteiger partial charge in [0, 0.05) is 6.42 Å². The van der Waals surface area contributed by atoms with E-state index in [1.54, 1.807) is 7.05 Å². The van der Waals surface area contributed by atoms with E-state index in [-0.39, 0.29) is 18.4 Å². The molecule has 3 atom stereocenters. The summed E-state index contributed by atoms with van der Waals surface area (Å²) in [7, 11) is 1.65. The maximum atomic E-state index is 12.5. The Kier molecular flexibility index (Phi) is 4.56. The molecule has 8 heteroatoms. The SMILES string of the molecule is CNCC(=O)NC1CCOC2CCC(C(N)=O)N2C1=O. The molecule has 3 unspecified atom stereocenters. The Morgan fingerprint density at radius 3 is 2.80 bits per heavy atom. The van der Waals surface area contributed by atoms with Gasteiger partial charge >= 0.3 is 0 Å². The summed E-state index contributed by atoms with van der Waals surface area (Å²) in [5.41, 5.74) is 5.33. The summed E-state index contributed by atoms with van der Waals surface area (Å²) in [6.45, 7) is 0.496. The highest BCUT2D eigenvalue weighted by atomic mass is 16.5. The molecule has 2 fully saturated rings. The predicted octanol–water partition coefficient (Wildman–Crippen LogP) is -2.09.